The summed E-state index contributed by atoms with van der Waals surface area (Å²) in [6.07, 6.45) is 6.93. The maximum atomic E-state index is 5.17. The van der Waals surface area contributed by atoms with E-state index in [1.54, 1.807) is 18.0 Å². The molecule has 0 aliphatic rings. The van der Waals surface area contributed by atoms with Crippen molar-refractivity contribution in [3.05, 3.63) is 30.5 Å². The number of hydrogen-bond acceptors (Lipinski definition) is 4. The SMILES string of the molecule is C#CCSCCNc1cnc2ccccc2n1. The van der Waals surface area contributed by atoms with Gasteiger partial charge in [0.05, 0.1) is 23.0 Å². The van der Waals surface area contributed by atoms with E-state index < -0.39 is 0 Å². The van der Waals surface area contributed by atoms with Crippen LogP contribution in [0.25, 0.3) is 11.0 Å². The van der Waals surface area contributed by atoms with E-state index in [1.165, 1.54) is 0 Å². The summed E-state index contributed by atoms with van der Waals surface area (Å²) in [7, 11) is 0. The summed E-state index contributed by atoms with van der Waals surface area (Å²) in [4.78, 5) is 8.80. The second kappa shape index (κ2) is 6.12. The van der Waals surface area contributed by atoms with Gasteiger partial charge in [0, 0.05) is 12.3 Å². The first kappa shape index (κ1) is 11.7. The molecule has 0 unspecified atom stereocenters. The minimum absolute atomic E-state index is 0.755. The van der Waals surface area contributed by atoms with Crippen LogP contribution in [-0.4, -0.2) is 28.0 Å². The Kier molecular flexibility index (Phi) is 4.23. The Hall–Kier alpha value is -1.73. The molecular weight excluding hydrogens is 230 g/mol. The van der Waals surface area contributed by atoms with Gasteiger partial charge in [-0.05, 0) is 12.1 Å². The minimum atomic E-state index is 0.755. The zero-order valence-corrected chi connectivity index (χ0v) is 10.2. The molecule has 0 aliphatic carbocycles. The van der Waals surface area contributed by atoms with E-state index in [1.807, 2.05) is 24.3 Å². The Morgan fingerprint density at radius 3 is 2.94 bits per heavy atom. The van der Waals surface area contributed by atoms with E-state index in [0.717, 1.165) is 34.9 Å². The first-order valence-corrected chi connectivity index (χ1v) is 6.52. The Labute approximate surface area is 105 Å². The molecule has 3 nitrogen and oxygen atoms in total. The fourth-order valence-electron chi connectivity index (χ4n) is 1.42. The van der Waals surface area contributed by atoms with Crippen molar-refractivity contribution in [2.45, 2.75) is 0 Å². The van der Waals surface area contributed by atoms with E-state index in [-0.39, 0.29) is 0 Å². The number of hydrogen-bond donors (Lipinski definition) is 1. The number of nitrogens with one attached hydrogen (secondary N) is 1. The average molecular weight is 243 g/mol. The third-order valence-corrected chi connectivity index (χ3v) is 3.05. The van der Waals surface area contributed by atoms with E-state index in [2.05, 4.69) is 21.2 Å². The van der Waals surface area contributed by atoms with Crippen LogP contribution < -0.4 is 5.32 Å². The smallest absolute Gasteiger partial charge is 0.145 e. The van der Waals surface area contributed by atoms with Crippen LogP contribution in [0.1, 0.15) is 0 Å². The Morgan fingerprint density at radius 1 is 1.29 bits per heavy atom. The highest BCUT2D eigenvalue weighted by Crippen LogP contribution is 2.11. The first-order valence-electron chi connectivity index (χ1n) is 5.37. The predicted octanol–water partition coefficient (Wildman–Crippen LogP) is 2.41. The zero-order valence-electron chi connectivity index (χ0n) is 9.39. The van der Waals surface area contributed by atoms with Crippen molar-refractivity contribution in [2.24, 2.45) is 0 Å². The van der Waals surface area contributed by atoms with Crippen molar-refractivity contribution in [3.8, 4) is 12.3 Å². The van der Waals surface area contributed by atoms with Gasteiger partial charge >= 0.3 is 0 Å². The van der Waals surface area contributed by atoms with Gasteiger partial charge in [0.25, 0.3) is 0 Å². The normalized spacial score (nSPS) is 10.1. The van der Waals surface area contributed by atoms with Gasteiger partial charge in [-0.2, -0.15) is 0 Å². The molecule has 0 atom stereocenters. The van der Waals surface area contributed by atoms with Crippen LogP contribution in [0.5, 0.6) is 0 Å². The lowest BCUT2D eigenvalue weighted by Gasteiger charge is -2.05. The van der Waals surface area contributed by atoms with Crippen LogP contribution >= 0.6 is 11.8 Å². The molecule has 17 heavy (non-hydrogen) atoms. The van der Waals surface area contributed by atoms with Crippen LogP contribution in [0.4, 0.5) is 5.82 Å². The maximum absolute atomic E-state index is 5.17. The molecule has 0 bridgehead atoms. The third kappa shape index (κ3) is 3.36. The highest BCUT2D eigenvalue weighted by molar-refractivity contribution is 7.99. The molecule has 0 spiro atoms. The topological polar surface area (TPSA) is 37.8 Å². The van der Waals surface area contributed by atoms with Crippen molar-refractivity contribution in [2.75, 3.05) is 23.4 Å². The lowest BCUT2D eigenvalue weighted by Crippen LogP contribution is -2.06. The summed E-state index contributed by atoms with van der Waals surface area (Å²) in [6.45, 7) is 0.847. The summed E-state index contributed by atoms with van der Waals surface area (Å²) in [5.74, 6) is 5.13. The predicted molar refractivity (Wildman–Crippen MR) is 74.2 cm³/mol. The van der Waals surface area contributed by atoms with Crippen molar-refractivity contribution >= 4 is 28.6 Å². The van der Waals surface area contributed by atoms with Crippen LogP contribution in [0, 0.1) is 12.3 Å². The molecule has 1 aromatic heterocycles. The number of benzene rings is 1. The van der Waals surface area contributed by atoms with Crippen molar-refractivity contribution in [3.63, 3.8) is 0 Å². The van der Waals surface area contributed by atoms with E-state index in [9.17, 15) is 0 Å². The van der Waals surface area contributed by atoms with Gasteiger partial charge in [0.2, 0.25) is 0 Å². The second-order valence-electron chi connectivity index (χ2n) is 3.43. The van der Waals surface area contributed by atoms with Crippen LogP contribution in [0.2, 0.25) is 0 Å². The molecule has 0 amide bonds. The Balaban J connectivity index is 1.93. The van der Waals surface area contributed by atoms with Gasteiger partial charge in [0.15, 0.2) is 0 Å². The van der Waals surface area contributed by atoms with Crippen molar-refractivity contribution < 1.29 is 0 Å². The molecule has 0 saturated heterocycles. The zero-order chi connectivity index (χ0) is 11.9. The number of rotatable bonds is 5. The molecule has 0 aliphatic heterocycles. The number of fused-ring (bicyclic) bond motifs is 1. The number of anilines is 1. The fraction of sp³-hybridized carbons (Fsp3) is 0.231. The molecule has 2 rings (SSSR count). The van der Waals surface area contributed by atoms with Crippen LogP contribution in [-0.2, 0) is 0 Å². The molecule has 0 saturated carbocycles. The molecular formula is C13H13N3S. The number of thioether (sulfide) groups is 1. The minimum Gasteiger partial charge on any atom is -0.368 e. The third-order valence-electron chi connectivity index (χ3n) is 2.19. The van der Waals surface area contributed by atoms with Gasteiger partial charge in [-0.25, -0.2) is 4.98 Å². The van der Waals surface area contributed by atoms with Gasteiger partial charge in [-0.15, -0.1) is 18.2 Å². The molecule has 2 aromatic rings. The van der Waals surface area contributed by atoms with Gasteiger partial charge in [0.1, 0.15) is 5.82 Å². The molecule has 0 radical (unpaired) electrons. The number of nitrogens with zero attached hydrogens (tertiary/aromatic N) is 2. The number of terminal acetylenes is 1. The summed E-state index contributed by atoms with van der Waals surface area (Å²) < 4.78 is 0. The first-order chi connectivity index (χ1) is 8.40. The summed E-state index contributed by atoms with van der Waals surface area (Å²) >= 11 is 1.73. The van der Waals surface area contributed by atoms with Crippen LogP contribution in [0.15, 0.2) is 30.5 Å². The van der Waals surface area contributed by atoms with E-state index >= 15 is 0 Å². The quantitative estimate of drug-likeness (QED) is 0.646. The molecule has 1 N–H and O–H groups in total. The standard InChI is InChI=1S/C13H13N3S/c1-2-8-17-9-7-14-13-10-15-11-5-3-4-6-12(11)16-13/h1,3-6,10H,7-9H2,(H,14,16). The largest absolute Gasteiger partial charge is 0.368 e. The van der Waals surface area contributed by atoms with E-state index in [0.29, 0.717) is 0 Å². The van der Waals surface area contributed by atoms with Gasteiger partial charge in [-0.1, -0.05) is 18.1 Å². The molecule has 4 heteroatoms. The van der Waals surface area contributed by atoms with E-state index in [4.69, 9.17) is 6.42 Å². The molecule has 86 valence electrons. The van der Waals surface area contributed by atoms with Gasteiger partial charge < -0.3 is 5.32 Å². The molecule has 1 aromatic carbocycles. The highest BCUT2D eigenvalue weighted by Gasteiger charge is 1.97. The highest BCUT2D eigenvalue weighted by atomic mass is 32.2. The Bertz CT molecular complexity index is 533. The summed E-state index contributed by atoms with van der Waals surface area (Å²) in [5.41, 5.74) is 1.83. The lowest BCUT2D eigenvalue weighted by atomic mass is 10.3. The second-order valence-corrected chi connectivity index (χ2v) is 4.53. The Morgan fingerprint density at radius 2 is 2.12 bits per heavy atom. The maximum Gasteiger partial charge on any atom is 0.145 e. The lowest BCUT2D eigenvalue weighted by molar-refractivity contribution is 1.16. The monoisotopic (exact) mass is 243 g/mol. The summed E-state index contributed by atoms with van der Waals surface area (Å²) in [5, 5.41) is 3.23. The number of para-hydroxylation sites is 2. The summed E-state index contributed by atoms with van der Waals surface area (Å²) in [6, 6.07) is 7.83. The van der Waals surface area contributed by atoms with Gasteiger partial charge in [-0.3, -0.25) is 4.98 Å². The number of aromatic nitrogens is 2. The van der Waals surface area contributed by atoms with Crippen LogP contribution in [0.3, 0.4) is 0 Å². The fourth-order valence-corrected chi connectivity index (χ4v) is 1.93. The van der Waals surface area contributed by atoms with Crippen molar-refractivity contribution in [1.82, 2.24) is 9.97 Å². The van der Waals surface area contributed by atoms with Crippen molar-refractivity contribution in [1.29, 1.82) is 0 Å². The average Bonchev–Trinajstić information content (AvgIpc) is 2.38. The molecule has 1 heterocycles. The molecule has 0 fully saturated rings.